The standard InChI is InChI=1S/C14H24N4O3/c15-14(19)18-7-4-11(8-18)13-16-20-10-12(21-13)9-17-5-2-1-3-6-17/h11-12H,1-10H2,(H2,15,19). The van der Waals surface area contributed by atoms with E-state index in [-0.39, 0.29) is 18.1 Å². The van der Waals surface area contributed by atoms with Gasteiger partial charge in [-0.1, -0.05) is 11.6 Å². The lowest BCUT2D eigenvalue weighted by molar-refractivity contribution is -0.0149. The van der Waals surface area contributed by atoms with Crippen LogP contribution in [0.15, 0.2) is 5.16 Å². The number of nitrogens with two attached hydrogens (primary N) is 1. The number of nitrogens with zero attached hydrogens (tertiary/aromatic N) is 3. The van der Waals surface area contributed by atoms with E-state index in [0.29, 0.717) is 25.6 Å². The first-order chi connectivity index (χ1) is 10.2. The summed E-state index contributed by atoms with van der Waals surface area (Å²) in [6, 6.07) is -0.375. The van der Waals surface area contributed by atoms with Crippen molar-refractivity contribution in [2.24, 2.45) is 16.8 Å². The minimum absolute atomic E-state index is 0.0400. The number of primary amides is 1. The summed E-state index contributed by atoms with van der Waals surface area (Å²) < 4.78 is 6.01. The van der Waals surface area contributed by atoms with Crippen molar-refractivity contribution in [2.75, 3.05) is 39.3 Å². The van der Waals surface area contributed by atoms with Gasteiger partial charge in [-0.05, 0) is 32.4 Å². The summed E-state index contributed by atoms with van der Waals surface area (Å²) in [5.74, 6) is 0.744. The Morgan fingerprint density at radius 3 is 2.81 bits per heavy atom. The Balaban J connectivity index is 1.51. The number of hydrogen-bond donors (Lipinski definition) is 1. The molecule has 2 unspecified atom stereocenters. The van der Waals surface area contributed by atoms with Crippen molar-refractivity contribution in [1.29, 1.82) is 0 Å². The third-order valence-electron chi connectivity index (χ3n) is 4.46. The molecule has 3 heterocycles. The van der Waals surface area contributed by atoms with Crippen molar-refractivity contribution in [2.45, 2.75) is 31.8 Å². The lowest BCUT2D eigenvalue weighted by atomic mass is 10.1. The van der Waals surface area contributed by atoms with Crippen LogP contribution in [-0.2, 0) is 9.57 Å². The number of likely N-dealkylation sites (tertiary alicyclic amines) is 2. The van der Waals surface area contributed by atoms with E-state index in [2.05, 4.69) is 10.1 Å². The molecule has 3 aliphatic rings. The summed E-state index contributed by atoms with van der Waals surface area (Å²) in [6.07, 6.45) is 4.74. The van der Waals surface area contributed by atoms with Gasteiger partial charge in [0, 0.05) is 19.6 Å². The van der Waals surface area contributed by atoms with Crippen LogP contribution in [0.1, 0.15) is 25.7 Å². The smallest absolute Gasteiger partial charge is 0.314 e. The van der Waals surface area contributed by atoms with Crippen LogP contribution in [0.2, 0.25) is 0 Å². The zero-order chi connectivity index (χ0) is 14.7. The highest BCUT2D eigenvalue weighted by Gasteiger charge is 2.34. The second-order valence-electron chi connectivity index (χ2n) is 6.10. The maximum Gasteiger partial charge on any atom is 0.314 e. The number of urea groups is 1. The molecule has 2 N–H and O–H groups in total. The van der Waals surface area contributed by atoms with Crippen molar-refractivity contribution in [3.8, 4) is 0 Å². The zero-order valence-electron chi connectivity index (χ0n) is 12.4. The lowest BCUT2D eigenvalue weighted by Crippen LogP contribution is -2.43. The molecule has 7 nitrogen and oxygen atoms in total. The summed E-state index contributed by atoms with van der Waals surface area (Å²) >= 11 is 0. The Labute approximate surface area is 125 Å². The van der Waals surface area contributed by atoms with Gasteiger partial charge in [-0.15, -0.1) is 0 Å². The van der Waals surface area contributed by atoms with Crippen molar-refractivity contribution >= 4 is 11.9 Å². The van der Waals surface area contributed by atoms with Crippen LogP contribution in [0.5, 0.6) is 0 Å². The minimum Gasteiger partial charge on any atom is -0.470 e. The molecule has 118 valence electrons. The van der Waals surface area contributed by atoms with Gasteiger partial charge in [0.1, 0.15) is 6.10 Å². The molecular formula is C14H24N4O3. The van der Waals surface area contributed by atoms with Crippen LogP contribution in [-0.4, -0.2) is 67.2 Å². The van der Waals surface area contributed by atoms with Crippen LogP contribution in [0.4, 0.5) is 4.79 Å². The fraction of sp³-hybridized carbons (Fsp3) is 0.857. The van der Waals surface area contributed by atoms with Crippen LogP contribution in [0.25, 0.3) is 0 Å². The summed E-state index contributed by atoms with van der Waals surface area (Å²) in [5.41, 5.74) is 5.31. The van der Waals surface area contributed by atoms with Gasteiger partial charge >= 0.3 is 6.03 Å². The fourth-order valence-corrected chi connectivity index (χ4v) is 3.26. The van der Waals surface area contributed by atoms with Crippen LogP contribution >= 0.6 is 0 Å². The second kappa shape index (κ2) is 6.51. The predicted molar refractivity (Wildman–Crippen MR) is 77.8 cm³/mol. The van der Waals surface area contributed by atoms with E-state index in [1.807, 2.05) is 0 Å². The van der Waals surface area contributed by atoms with E-state index >= 15 is 0 Å². The highest BCUT2D eigenvalue weighted by Crippen LogP contribution is 2.22. The molecular weight excluding hydrogens is 272 g/mol. The molecule has 0 saturated carbocycles. The van der Waals surface area contributed by atoms with Gasteiger partial charge in [0.05, 0.1) is 5.92 Å². The molecule has 7 heteroatoms. The number of carbonyl (C=O) groups excluding carboxylic acids is 1. The number of amides is 2. The third-order valence-corrected chi connectivity index (χ3v) is 4.46. The monoisotopic (exact) mass is 296 g/mol. The van der Waals surface area contributed by atoms with Gasteiger partial charge < -0.3 is 20.2 Å². The van der Waals surface area contributed by atoms with Crippen molar-refractivity contribution in [3.05, 3.63) is 0 Å². The normalized spacial score (nSPS) is 30.5. The molecule has 2 fully saturated rings. The highest BCUT2D eigenvalue weighted by molar-refractivity contribution is 5.81. The molecule has 0 aliphatic carbocycles. The summed E-state index contributed by atoms with van der Waals surface area (Å²) in [7, 11) is 0. The number of piperidine rings is 1. The molecule has 0 spiro atoms. The first-order valence-corrected chi connectivity index (χ1v) is 7.85. The van der Waals surface area contributed by atoms with E-state index < -0.39 is 0 Å². The Hall–Kier alpha value is -1.50. The molecule has 0 aromatic carbocycles. The molecule has 2 atom stereocenters. The van der Waals surface area contributed by atoms with Crippen molar-refractivity contribution < 1.29 is 14.4 Å². The average molecular weight is 296 g/mol. The van der Waals surface area contributed by atoms with Gasteiger partial charge in [-0.2, -0.15) is 0 Å². The van der Waals surface area contributed by atoms with Gasteiger partial charge in [0.2, 0.25) is 5.90 Å². The summed E-state index contributed by atoms with van der Waals surface area (Å²) in [4.78, 5) is 20.6. The Morgan fingerprint density at radius 2 is 2.10 bits per heavy atom. The Bertz CT molecular complexity index is 409. The first-order valence-electron chi connectivity index (χ1n) is 7.85. The number of hydrogen-bond acceptors (Lipinski definition) is 5. The second-order valence-corrected chi connectivity index (χ2v) is 6.10. The topological polar surface area (TPSA) is 80.4 Å². The number of carbonyl (C=O) groups is 1. The highest BCUT2D eigenvalue weighted by atomic mass is 16.7. The van der Waals surface area contributed by atoms with Crippen LogP contribution in [0, 0.1) is 5.92 Å². The average Bonchev–Trinajstić information content (AvgIpc) is 2.99. The molecule has 3 rings (SSSR count). The lowest BCUT2D eigenvalue weighted by Gasteiger charge is -2.32. The number of oxime groups is 1. The molecule has 0 aromatic heterocycles. The van der Waals surface area contributed by atoms with Gasteiger partial charge in [-0.3, -0.25) is 4.90 Å². The van der Waals surface area contributed by atoms with E-state index in [4.69, 9.17) is 15.3 Å². The quantitative estimate of drug-likeness (QED) is 0.827. The molecule has 3 aliphatic heterocycles. The third kappa shape index (κ3) is 3.58. The molecule has 0 bridgehead atoms. The minimum atomic E-state index is -0.375. The predicted octanol–water partition coefficient (Wildman–Crippen LogP) is 0.602. The van der Waals surface area contributed by atoms with E-state index in [0.717, 1.165) is 26.1 Å². The molecule has 2 saturated heterocycles. The van der Waals surface area contributed by atoms with Crippen LogP contribution < -0.4 is 5.73 Å². The number of ether oxygens (including phenoxy) is 1. The fourth-order valence-electron chi connectivity index (χ4n) is 3.26. The van der Waals surface area contributed by atoms with Gasteiger partial charge in [-0.25, -0.2) is 4.79 Å². The van der Waals surface area contributed by atoms with Crippen molar-refractivity contribution in [3.63, 3.8) is 0 Å². The summed E-state index contributed by atoms with van der Waals surface area (Å²) in [6.45, 7) is 4.93. The van der Waals surface area contributed by atoms with Crippen LogP contribution in [0.3, 0.4) is 0 Å². The molecule has 21 heavy (non-hydrogen) atoms. The van der Waals surface area contributed by atoms with Gasteiger partial charge in [0.15, 0.2) is 6.61 Å². The molecule has 0 radical (unpaired) electrons. The maximum atomic E-state index is 11.2. The number of rotatable bonds is 3. The summed E-state index contributed by atoms with van der Waals surface area (Å²) in [5, 5.41) is 4.05. The maximum absolute atomic E-state index is 11.2. The van der Waals surface area contributed by atoms with Crippen molar-refractivity contribution in [1.82, 2.24) is 9.80 Å². The van der Waals surface area contributed by atoms with Gasteiger partial charge in [0.25, 0.3) is 0 Å². The first kappa shape index (κ1) is 14.4. The molecule has 2 amide bonds. The molecule has 0 aromatic rings. The Morgan fingerprint density at radius 1 is 1.29 bits per heavy atom. The zero-order valence-corrected chi connectivity index (χ0v) is 12.4. The van der Waals surface area contributed by atoms with E-state index in [9.17, 15) is 4.79 Å². The Kier molecular flexibility index (Phi) is 4.48. The van der Waals surface area contributed by atoms with E-state index in [1.165, 1.54) is 19.3 Å². The van der Waals surface area contributed by atoms with E-state index in [1.54, 1.807) is 4.90 Å². The SMILES string of the molecule is NC(=O)N1CCC(C2=NOCC(CN3CCCCC3)O2)C1. The largest absolute Gasteiger partial charge is 0.470 e.